The molecule has 0 aliphatic rings. The highest BCUT2D eigenvalue weighted by Gasteiger charge is 2.25. The Labute approximate surface area is 191 Å². The summed E-state index contributed by atoms with van der Waals surface area (Å²) in [5.41, 5.74) is 1.44. The van der Waals surface area contributed by atoms with E-state index in [0.29, 0.717) is 27.6 Å². The number of Topliss-reactive ketones (excluding diaryl/α,β-unsaturated/α-hetero) is 2. The lowest BCUT2D eigenvalue weighted by molar-refractivity contribution is -0.143. The molecule has 32 heavy (non-hydrogen) atoms. The molecule has 0 aliphatic carbocycles. The average Bonchev–Trinajstić information content (AvgIpc) is 2.83. The van der Waals surface area contributed by atoms with Crippen molar-refractivity contribution in [2.24, 2.45) is 0 Å². The van der Waals surface area contributed by atoms with E-state index in [1.165, 1.54) is 7.11 Å². The van der Waals surface area contributed by atoms with Gasteiger partial charge in [-0.25, -0.2) is 4.79 Å². The second kappa shape index (κ2) is 11.1. The number of anilines is 1. The van der Waals surface area contributed by atoms with Gasteiger partial charge in [-0.05, 0) is 36.4 Å². The lowest BCUT2D eigenvalue weighted by Crippen LogP contribution is -2.34. The van der Waals surface area contributed by atoms with Crippen molar-refractivity contribution in [3.63, 3.8) is 0 Å². The first-order valence-electron chi connectivity index (χ1n) is 9.90. The first-order valence-corrected chi connectivity index (χ1v) is 10.3. The number of methoxy groups -OCH3 is 1. The minimum absolute atomic E-state index is 0.140. The number of carbonyl (C=O) groups is 3. The molecule has 3 aromatic carbocycles. The Bertz CT molecular complexity index is 1080. The number of esters is 1. The summed E-state index contributed by atoms with van der Waals surface area (Å²) in [6.45, 7) is -0.454. The lowest BCUT2D eigenvalue weighted by Gasteiger charge is -2.18. The van der Waals surface area contributed by atoms with Crippen LogP contribution in [0.15, 0.2) is 78.9 Å². The molecule has 0 saturated heterocycles. The van der Waals surface area contributed by atoms with Crippen molar-refractivity contribution in [3.8, 4) is 5.75 Å². The second-order valence-corrected chi connectivity index (χ2v) is 7.40. The smallest absolute Gasteiger partial charge is 0.329 e. The summed E-state index contributed by atoms with van der Waals surface area (Å²) in [6.07, 6.45) is -0.140. The van der Waals surface area contributed by atoms with Crippen molar-refractivity contribution in [2.45, 2.75) is 12.5 Å². The van der Waals surface area contributed by atoms with Gasteiger partial charge in [0, 0.05) is 28.3 Å². The molecule has 1 N–H and O–H groups in total. The predicted molar refractivity (Wildman–Crippen MR) is 123 cm³/mol. The summed E-state index contributed by atoms with van der Waals surface area (Å²) in [5.74, 6) is -0.789. The van der Waals surface area contributed by atoms with Crippen molar-refractivity contribution in [2.75, 3.05) is 19.0 Å². The summed E-state index contributed by atoms with van der Waals surface area (Å²) < 4.78 is 10.4. The van der Waals surface area contributed by atoms with Crippen LogP contribution in [0.5, 0.6) is 5.75 Å². The molecule has 1 atom stereocenters. The van der Waals surface area contributed by atoms with E-state index in [-0.39, 0.29) is 18.0 Å². The number of ketones is 2. The molecule has 3 rings (SSSR count). The third-order valence-electron chi connectivity index (χ3n) is 4.69. The standard InChI is InChI=1S/C25H22ClNO5/c1-31-21-9-5-8-18(14-21)24(29)16-32-25(30)22(27-20-12-10-19(26)11-13-20)15-23(28)17-6-3-2-4-7-17/h2-14,22,27H,15-16H2,1H3/t22-/m0/s1. The van der Waals surface area contributed by atoms with Gasteiger partial charge in [0.1, 0.15) is 11.8 Å². The molecule has 164 valence electrons. The summed E-state index contributed by atoms with van der Waals surface area (Å²) in [7, 11) is 1.50. The monoisotopic (exact) mass is 451 g/mol. The Hall–Kier alpha value is -3.64. The fourth-order valence-electron chi connectivity index (χ4n) is 2.98. The van der Waals surface area contributed by atoms with Gasteiger partial charge in [0.15, 0.2) is 18.2 Å². The van der Waals surface area contributed by atoms with Crippen molar-refractivity contribution in [3.05, 3.63) is 95.0 Å². The molecule has 0 aliphatic heterocycles. The van der Waals surface area contributed by atoms with Gasteiger partial charge in [0.25, 0.3) is 0 Å². The second-order valence-electron chi connectivity index (χ2n) is 6.96. The first kappa shape index (κ1) is 23.0. The van der Waals surface area contributed by atoms with Gasteiger partial charge in [-0.1, -0.05) is 54.1 Å². The Kier molecular flexibility index (Phi) is 8.00. The molecule has 0 bridgehead atoms. The largest absolute Gasteiger partial charge is 0.497 e. The Balaban J connectivity index is 1.70. The molecule has 0 unspecified atom stereocenters. The van der Waals surface area contributed by atoms with Crippen LogP contribution in [0, 0.1) is 0 Å². The van der Waals surface area contributed by atoms with Gasteiger partial charge >= 0.3 is 5.97 Å². The zero-order valence-electron chi connectivity index (χ0n) is 17.4. The molecule has 0 saturated carbocycles. The SMILES string of the molecule is COc1cccc(C(=O)COC(=O)[C@H](CC(=O)c2ccccc2)Nc2ccc(Cl)cc2)c1. The molecule has 7 heteroatoms. The summed E-state index contributed by atoms with van der Waals surface area (Å²) in [4.78, 5) is 37.9. The predicted octanol–water partition coefficient (Wildman–Crippen LogP) is 4.83. The van der Waals surface area contributed by atoms with Gasteiger partial charge in [0.05, 0.1) is 7.11 Å². The van der Waals surface area contributed by atoms with Gasteiger partial charge in [0.2, 0.25) is 0 Å². The van der Waals surface area contributed by atoms with Crippen molar-refractivity contribution in [1.82, 2.24) is 0 Å². The molecule has 0 fully saturated rings. The molecule has 3 aromatic rings. The van der Waals surface area contributed by atoms with E-state index in [4.69, 9.17) is 21.1 Å². The van der Waals surface area contributed by atoms with Crippen LogP contribution in [-0.4, -0.2) is 37.3 Å². The molecule has 6 nitrogen and oxygen atoms in total. The third-order valence-corrected chi connectivity index (χ3v) is 4.94. The van der Waals surface area contributed by atoms with Crippen LogP contribution in [0.25, 0.3) is 0 Å². The number of halogens is 1. The van der Waals surface area contributed by atoms with Crippen LogP contribution in [0.2, 0.25) is 5.02 Å². The molecule has 0 heterocycles. The van der Waals surface area contributed by atoms with Crippen LogP contribution in [0.4, 0.5) is 5.69 Å². The zero-order chi connectivity index (χ0) is 22.9. The fourth-order valence-corrected chi connectivity index (χ4v) is 3.11. The van der Waals surface area contributed by atoms with Gasteiger partial charge < -0.3 is 14.8 Å². The quantitative estimate of drug-likeness (QED) is 0.351. The molecular formula is C25H22ClNO5. The van der Waals surface area contributed by atoms with Crippen molar-refractivity contribution in [1.29, 1.82) is 0 Å². The van der Waals surface area contributed by atoms with E-state index < -0.39 is 18.6 Å². The molecule has 0 aromatic heterocycles. The van der Waals surface area contributed by atoms with E-state index in [2.05, 4.69) is 5.32 Å². The van der Waals surface area contributed by atoms with Crippen LogP contribution < -0.4 is 10.1 Å². The van der Waals surface area contributed by atoms with Crippen LogP contribution >= 0.6 is 11.6 Å². The molecule has 0 spiro atoms. The van der Waals surface area contributed by atoms with Crippen LogP contribution in [-0.2, 0) is 9.53 Å². The minimum Gasteiger partial charge on any atom is -0.497 e. The highest BCUT2D eigenvalue weighted by Crippen LogP contribution is 2.18. The van der Waals surface area contributed by atoms with Crippen molar-refractivity contribution < 1.29 is 23.9 Å². The number of rotatable bonds is 10. The van der Waals surface area contributed by atoms with E-state index in [1.54, 1.807) is 78.9 Å². The normalized spacial score (nSPS) is 11.3. The summed E-state index contributed by atoms with van der Waals surface area (Å²) >= 11 is 5.92. The van der Waals surface area contributed by atoms with Gasteiger partial charge in [-0.15, -0.1) is 0 Å². The highest BCUT2D eigenvalue weighted by molar-refractivity contribution is 6.30. The number of ether oxygens (including phenoxy) is 2. The molecule has 0 amide bonds. The van der Waals surface area contributed by atoms with Crippen LogP contribution in [0.3, 0.4) is 0 Å². The highest BCUT2D eigenvalue weighted by atomic mass is 35.5. The Morgan fingerprint density at radius 2 is 1.56 bits per heavy atom. The average molecular weight is 452 g/mol. The number of nitrogens with one attached hydrogen (secondary N) is 1. The Morgan fingerprint density at radius 3 is 2.25 bits per heavy atom. The molecule has 0 radical (unpaired) electrons. The first-order chi connectivity index (χ1) is 15.5. The summed E-state index contributed by atoms with van der Waals surface area (Å²) in [5, 5.41) is 3.54. The van der Waals surface area contributed by atoms with Gasteiger partial charge in [-0.2, -0.15) is 0 Å². The fraction of sp³-hybridized carbons (Fsp3) is 0.160. The van der Waals surface area contributed by atoms with E-state index >= 15 is 0 Å². The third kappa shape index (κ3) is 6.43. The zero-order valence-corrected chi connectivity index (χ0v) is 18.2. The maximum Gasteiger partial charge on any atom is 0.329 e. The number of hydrogen-bond acceptors (Lipinski definition) is 6. The number of hydrogen-bond donors (Lipinski definition) is 1. The lowest BCUT2D eigenvalue weighted by atomic mass is 10.0. The minimum atomic E-state index is -0.984. The maximum absolute atomic E-state index is 12.8. The van der Waals surface area contributed by atoms with E-state index in [9.17, 15) is 14.4 Å². The maximum atomic E-state index is 12.8. The topological polar surface area (TPSA) is 81.7 Å². The number of benzene rings is 3. The van der Waals surface area contributed by atoms with Crippen LogP contribution in [0.1, 0.15) is 27.1 Å². The number of carbonyl (C=O) groups excluding carboxylic acids is 3. The van der Waals surface area contributed by atoms with Gasteiger partial charge in [-0.3, -0.25) is 9.59 Å². The van der Waals surface area contributed by atoms with E-state index in [1.807, 2.05) is 0 Å². The summed E-state index contributed by atoms with van der Waals surface area (Å²) in [6, 6.07) is 21.0. The Morgan fingerprint density at radius 1 is 0.875 bits per heavy atom. The van der Waals surface area contributed by atoms with E-state index in [0.717, 1.165) is 0 Å². The van der Waals surface area contributed by atoms with Crippen molar-refractivity contribution >= 4 is 34.8 Å². The molecular weight excluding hydrogens is 430 g/mol.